The zero-order valence-electron chi connectivity index (χ0n) is 19.2. The summed E-state index contributed by atoms with van der Waals surface area (Å²) in [6.07, 6.45) is 4.57. The highest BCUT2D eigenvalue weighted by Crippen LogP contribution is 2.23. The molecule has 8 heteroatoms. The molecule has 1 aliphatic heterocycles. The Balaban J connectivity index is 0.00000363. The molecule has 1 unspecified atom stereocenters. The number of aromatic nitrogens is 1. The maximum Gasteiger partial charge on any atom is 0.227 e. The van der Waals surface area contributed by atoms with Gasteiger partial charge in [0.15, 0.2) is 5.96 Å². The van der Waals surface area contributed by atoms with E-state index in [0.29, 0.717) is 24.7 Å². The fourth-order valence-corrected chi connectivity index (χ4v) is 3.59. The van der Waals surface area contributed by atoms with Crippen molar-refractivity contribution in [2.24, 2.45) is 4.99 Å². The zero-order chi connectivity index (χ0) is 22.1. The van der Waals surface area contributed by atoms with E-state index in [1.54, 1.807) is 12.3 Å². The van der Waals surface area contributed by atoms with Crippen molar-refractivity contribution in [2.75, 3.05) is 36.4 Å². The summed E-state index contributed by atoms with van der Waals surface area (Å²) in [5, 5.41) is 9.53. The number of benzene rings is 1. The van der Waals surface area contributed by atoms with Gasteiger partial charge in [-0.1, -0.05) is 18.2 Å². The second kappa shape index (κ2) is 13.2. The van der Waals surface area contributed by atoms with Crippen molar-refractivity contribution in [3.05, 3.63) is 53.7 Å². The van der Waals surface area contributed by atoms with Gasteiger partial charge < -0.3 is 20.9 Å². The van der Waals surface area contributed by atoms with Crippen LogP contribution in [0.1, 0.15) is 50.3 Å². The van der Waals surface area contributed by atoms with Crippen LogP contribution < -0.4 is 20.9 Å². The molecule has 0 saturated carbocycles. The standard InChI is InChI=1S/C24H34N6O.HI/c1-4-25-24(26-13-12-23(31)29-22-11-10-18(2)17-27-22)28-19(3)20-8-7-9-21(16-20)30-14-5-6-15-30;/h7-11,16-17,19H,4-6,12-15H2,1-3H3,(H2,25,26,28)(H,27,29,31);1H. The quantitative estimate of drug-likeness (QED) is 0.260. The second-order valence-corrected chi connectivity index (χ2v) is 7.93. The molecule has 1 fully saturated rings. The molecule has 174 valence electrons. The molecule has 1 amide bonds. The molecule has 1 atom stereocenters. The van der Waals surface area contributed by atoms with Gasteiger partial charge in [0.05, 0.1) is 12.6 Å². The summed E-state index contributed by atoms with van der Waals surface area (Å²) >= 11 is 0. The maximum absolute atomic E-state index is 12.2. The Kier molecular flexibility index (Phi) is 10.7. The van der Waals surface area contributed by atoms with Crippen LogP contribution in [0.5, 0.6) is 0 Å². The summed E-state index contributed by atoms with van der Waals surface area (Å²) in [5.74, 6) is 1.18. The van der Waals surface area contributed by atoms with E-state index in [2.05, 4.69) is 62.0 Å². The minimum absolute atomic E-state index is 0. The van der Waals surface area contributed by atoms with Crippen molar-refractivity contribution in [3.63, 3.8) is 0 Å². The summed E-state index contributed by atoms with van der Waals surface area (Å²) in [5.41, 5.74) is 3.56. The molecule has 1 aliphatic rings. The first kappa shape index (κ1) is 25.9. The highest BCUT2D eigenvalue weighted by Gasteiger charge is 2.14. The molecular formula is C24H35IN6O. The van der Waals surface area contributed by atoms with E-state index in [9.17, 15) is 4.79 Å². The van der Waals surface area contributed by atoms with E-state index in [-0.39, 0.29) is 35.9 Å². The summed E-state index contributed by atoms with van der Waals surface area (Å²) in [7, 11) is 0. The lowest BCUT2D eigenvalue weighted by Gasteiger charge is -2.22. The molecule has 3 N–H and O–H groups in total. The van der Waals surface area contributed by atoms with Crippen LogP contribution in [-0.4, -0.2) is 43.0 Å². The number of nitrogens with zero attached hydrogens (tertiary/aromatic N) is 3. The first-order valence-corrected chi connectivity index (χ1v) is 11.2. The van der Waals surface area contributed by atoms with Crippen LogP contribution in [0.15, 0.2) is 47.6 Å². The lowest BCUT2D eigenvalue weighted by Crippen LogP contribution is -2.39. The smallest absolute Gasteiger partial charge is 0.227 e. The van der Waals surface area contributed by atoms with Crippen molar-refractivity contribution >= 4 is 47.3 Å². The predicted molar refractivity (Wildman–Crippen MR) is 143 cm³/mol. The minimum Gasteiger partial charge on any atom is -0.372 e. The molecule has 0 radical (unpaired) electrons. The first-order valence-electron chi connectivity index (χ1n) is 11.2. The van der Waals surface area contributed by atoms with E-state index >= 15 is 0 Å². The van der Waals surface area contributed by atoms with Gasteiger partial charge in [-0.3, -0.25) is 9.79 Å². The van der Waals surface area contributed by atoms with E-state index in [4.69, 9.17) is 0 Å². The topological polar surface area (TPSA) is 81.6 Å². The Morgan fingerprint density at radius 3 is 2.69 bits per heavy atom. The molecule has 3 rings (SSSR count). The summed E-state index contributed by atoms with van der Waals surface area (Å²) in [6.45, 7) is 9.55. The van der Waals surface area contributed by atoms with Gasteiger partial charge in [-0.15, -0.1) is 24.0 Å². The van der Waals surface area contributed by atoms with Crippen molar-refractivity contribution in [2.45, 2.75) is 46.1 Å². The van der Waals surface area contributed by atoms with Crippen LogP contribution in [0.3, 0.4) is 0 Å². The number of guanidine groups is 1. The van der Waals surface area contributed by atoms with Crippen LogP contribution in [0.2, 0.25) is 0 Å². The number of amides is 1. The first-order chi connectivity index (χ1) is 15.0. The van der Waals surface area contributed by atoms with Gasteiger partial charge in [-0.2, -0.15) is 0 Å². The molecule has 1 saturated heterocycles. The van der Waals surface area contributed by atoms with Crippen molar-refractivity contribution < 1.29 is 4.79 Å². The van der Waals surface area contributed by atoms with Gasteiger partial charge in [0, 0.05) is 37.9 Å². The third kappa shape index (κ3) is 7.96. The Hall–Kier alpha value is -2.36. The van der Waals surface area contributed by atoms with Crippen molar-refractivity contribution in [1.29, 1.82) is 0 Å². The number of nitrogens with one attached hydrogen (secondary N) is 3. The normalized spacial score (nSPS) is 14.5. The molecule has 2 heterocycles. The molecule has 0 bridgehead atoms. The molecule has 0 spiro atoms. The number of anilines is 2. The fourth-order valence-electron chi connectivity index (χ4n) is 3.59. The molecule has 1 aromatic carbocycles. The van der Waals surface area contributed by atoms with Gasteiger partial charge in [0.25, 0.3) is 0 Å². The fraction of sp³-hybridized carbons (Fsp3) is 0.458. The van der Waals surface area contributed by atoms with Crippen LogP contribution in [0, 0.1) is 6.92 Å². The number of rotatable bonds is 8. The Labute approximate surface area is 208 Å². The zero-order valence-corrected chi connectivity index (χ0v) is 21.6. The van der Waals surface area contributed by atoms with Gasteiger partial charge >= 0.3 is 0 Å². The summed E-state index contributed by atoms with van der Waals surface area (Å²) in [4.78, 5) is 23.4. The molecule has 32 heavy (non-hydrogen) atoms. The Bertz CT molecular complexity index is 880. The SMILES string of the molecule is CCNC(=NCCC(=O)Nc1ccc(C)cn1)NC(C)c1cccc(N2CCCC2)c1.I. The second-order valence-electron chi connectivity index (χ2n) is 7.93. The summed E-state index contributed by atoms with van der Waals surface area (Å²) < 4.78 is 0. The molecule has 7 nitrogen and oxygen atoms in total. The molecule has 2 aromatic rings. The molecule has 1 aromatic heterocycles. The lowest BCUT2D eigenvalue weighted by molar-refractivity contribution is -0.116. The van der Waals surface area contributed by atoms with Gasteiger partial charge in [-0.05, 0) is 62.9 Å². The van der Waals surface area contributed by atoms with E-state index in [0.717, 1.165) is 25.2 Å². The van der Waals surface area contributed by atoms with E-state index < -0.39 is 0 Å². The van der Waals surface area contributed by atoms with Crippen molar-refractivity contribution in [3.8, 4) is 0 Å². The van der Waals surface area contributed by atoms with Gasteiger partial charge in [0.1, 0.15) is 5.82 Å². The van der Waals surface area contributed by atoms with Crippen molar-refractivity contribution in [1.82, 2.24) is 15.6 Å². The minimum atomic E-state index is -0.0951. The van der Waals surface area contributed by atoms with Gasteiger partial charge in [0.2, 0.25) is 5.91 Å². The Morgan fingerprint density at radius 1 is 1.22 bits per heavy atom. The average molecular weight is 550 g/mol. The van der Waals surface area contributed by atoms with Crippen LogP contribution in [0.25, 0.3) is 0 Å². The number of aliphatic imine (C=N–C) groups is 1. The number of hydrogen-bond acceptors (Lipinski definition) is 4. The third-order valence-electron chi connectivity index (χ3n) is 5.33. The molecule has 0 aliphatic carbocycles. The predicted octanol–water partition coefficient (Wildman–Crippen LogP) is 4.25. The largest absolute Gasteiger partial charge is 0.372 e. The van der Waals surface area contributed by atoms with Crippen LogP contribution in [-0.2, 0) is 4.79 Å². The van der Waals surface area contributed by atoms with Gasteiger partial charge in [-0.25, -0.2) is 4.98 Å². The van der Waals surface area contributed by atoms with E-state index in [1.165, 1.54) is 24.1 Å². The number of pyridine rings is 1. The Morgan fingerprint density at radius 2 is 2.00 bits per heavy atom. The number of halogens is 1. The lowest BCUT2D eigenvalue weighted by atomic mass is 10.1. The molecular weight excluding hydrogens is 515 g/mol. The number of carbonyl (C=O) groups excluding carboxylic acids is 1. The number of hydrogen-bond donors (Lipinski definition) is 3. The van der Waals surface area contributed by atoms with Crippen LogP contribution >= 0.6 is 24.0 Å². The van der Waals surface area contributed by atoms with E-state index in [1.807, 2.05) is 19.9 Å². The highest BCUT2D eigenvalue weighted by molar-refractivity contribution is 14.0. The third-order valence-corrected chi connectivity index (χ3v) is 5.33. The highest BCUT2D eigenvalue weighted by atomic mass is 127. The average Bonchev–Trinajstić information content (AvgIpc) is 3.30. The monoisotopic (exact) mass is 550 g/mol. The maximum atomic E-state index is 12.2. The van der Waals surface area contributed by atoms with Crippen LogP contribution in [0.4, 0.5) is 11.5 Å². The summed E-state index contributed by atoms with van der Waals surface area (Å²) in [6, 6.07) is 12.5. The number of aryl methyl sites for hydroxylation is 1. The number of carbonyl (C=O) groups is 1.